The molecule has 7 heteroatoms. The van der Waals surface area contributed by atoms with Gasteiger partial charge >= 0.3 is 0 Å². The Morgan fingerprint density at radius 2 is 2.05 bits per heavy atom. The molecule has 100 valence electrons. The van der Waals surface area contributed by atoms with Crippen molar-refractivity contribution in [3.05, 3.63) is 23.2 Å². The van der Waals surface area contributed by atoms with E-state index in [-0.39, 0.29) is 0 Å². The number of rotatable bonds is 2. The van der Waals surface area contributed by atoms with E-state index in [2.05, 4.69) is 10.1 Å². The molecule has 1 aromatic carbocycles. The summed E-state index contributed by atoms with van der Waals surface area (Å²) in [4.78, 5) is 6.39. The van der Waals surface area contributed by atoms with Crippen molar-refractivity contribution < 1.29 is 9.26 Å². The number of nitrogen functional groups attached to an aromatic ring is 1. The summed E-state index contributed by atoms with van der Waals surface area (Å²) in [6.07, 6.45) is 0. The predicted molar refractivity (Wildman–Crippen MR) is 72.2 cm³/mol. The molecule has 6 nitrogen and oxygen atoms in total. The monoisotopic (exact) mass is 280 g/mol. The Labute approximate surface area is 115 Å². The molecular formula is C12H13ClN4O2. The first-order valence-electron chi connectivity index (χ1n) is 5.96. The second-order valence-electron chi connectivity index (χ2n) is 4.24. The van der Waals surface area contributed by atoms with Crippen molar-refractivity contribution in [1.82, 2.24) is 10.1 Å². The minimum atomic E-state index is 0.435. The molecule has 1 aromatic heterocycles. The van der Waals surface area contributed by atoms with Crippen LogP contribution >= 0.6 is 11.6 Å². The van der Waals surface area contributed by atoms with Crippen LogP contribution in [0, 0.1) is 0 Å². The Bertz CT molecular complexity index is 581. The predicted octanol–water partition coefficient (Wildman–Crippen LogP) is 1.81. The van der Waals surface area contributed by atoms with Crippen molar-refractivity contribution in [2.45, 2.75) is 0 Å². The molecule has 1 saturated heterocycles. The number of ether oxygens (including phenoxy) is 1. The van der Waals surface area contributed by atoms with E-state index in [1.54, 1.807) is 18.2 Å². The van der Waals surface area contributed by atoms with E-state index in [1.807, 2.05) is 4.90 Å². The molecule has 3 rings (SSSR count). The fourth-order valence-electron chi connectivity index (χ4n) is 1.90. The summed E-state index contributed by atoms with van der Waals surface area (Å²) in [5.41, 5.74) is 7.01. The maximum absolute atomic E-state index is 5.88. The topological polar surface area (TPSA) is 77.4 Å². The normalized spacial score (nSPS) is 15.7. The zero-order chi connectivity index (χ0) is 13.2. The SMILES string of the molecule is Nc1cc(-c2nc(N3CCOCC3)no2)ccc1Cl. The molecular weight excluding hydrogens is 268 g/mol. The highest BCUT2D eigenvalue weighted by atomic mass is 35.5. The third-order valence-corrected chi connectivity index (χ3v) is 3.30. The lowest BCUT2D eigenvalue weighted by molar-refractivity contribution is 0.121. The Hall–Kier alpha value is -1.79. The zero-order valence-corrected chi connectivity index (χ0v) is 10.9. The van der Waals surface area contributed by atoms with E-state index >= 15 is 0 Å². The molecule has 0 radical (unpaired) electrons. The number of nitrogens with two attached hydrogens (primary N) is 1. The van der Waals surface area contributed by atoms with Crippen LogP contribution in [0.4, 0.5) is 11.6 Å². The average Bonchev–Trinajstić information content (AvgIpc) is 2.93. The van der Waals surface area contributed by atoms with Crippen LogP contribution in [0.15, 0.2) is 22.7 Å². The second-order valence-corrected chi connectivity index (χ2v) is 4.64. The smallest absolute Gasteiger partial charge is 0.266 e. The van der Waals surface area contributed by atoms with Gasteiger partial charge in [0.2, 0.25) is 0 Å². The molecule has 1 aliphatic heterocycles. The van der Waals surface area contributed by atoms with Crippen molar-refractivity contribution in [2.75, 3.05) is 36.9 Å². The van der Waals surface area contributed by atoms with Crippen LogP contribution in [0.1, 0.15) is 0 Å². The first-order chi connectivity index (χ1) is 9.24. The molecule has 0 aliphatic carbocycles. The van der Waals surface area contributed by atoms with Gasteiger partial charge in [-0.1, -0.05) is 11.6 Å². The Morgan fingerprint density at radius 3 is 2.79 bits per heavy atom. The summed E-state index contributed by atoms with van der Waals surface area (Å²) in [6, 6.07) is 5.24. The highest BCUT2D eigenvalue weighted by molar-refractivity contribution is 6.33. The molecule has 19 heavy (non-hydrogen) atoms. The van der Waals surface area contributed by atoms with Crippen LogP contribution in [-0.4, -0.2) is 36.4 Å². The largest absolute Gasteiger partial charge is 0.398 e. The first kappa shape index (κ1) is 12.3. The molecule has 1 fully saturated rings. The minimum absolute atomic E-state index is 0.435. The van der Waals surface area contributed by atoms with E-state index in [0.29, 0.717) is 35.8 Å². The van der Waals surface area contributed by atoms with Gasteiger partial charge < -0.3 is 19.9 Å². The Balaban J connectivity index is 1.85. The van der Waals surface area contributed by atoms with Crippen LogP contribution in [-0.2, 0) is 4.74 Å². The third-order valence-electron chi connectivity index (χ3n) is 2.95. The average molecular weight is 281 g/mol. The van der Waals surface area contributed by atoms with E-state index in [1.165, 1.54) is 0 Å². The highest BCUT2D eigenvalue weighted by Gasteiger charge is 2.18. The van der Waals surface area contributed by atoms with Crippen LogP contribution < -0.4 is 10.6 Å². The van der Waals surface area contributed by atoms with E-state index in [0.717, 1.165) is 18.7 Å². The van der Waals surface area contributed by atoms with E-state index in [4.69, 9.17) is 26.6 Å². The van der Waals surface area contributed by atoms with Gasteiger partial charge in [-0.15, -0.1) is 0 Å². The van der Waals surface area contributed by atoms with Gasteiger partial charge in [0, 0.05) is 18.7 Å². The summed E-state index contributed by atoms with van der Waals surface area (Å²) in [6.45, 7) is 2.89. The fraction of sp³-hybridized carbons (Fsp3) is 0.333. The maximum Gasteiger partial charge on any atom is 0.266 e. The molecule has 1 aliphatic rings. The van der Waals surface area contributed by atoms with Gasteiger partial charge in [0.1, 0.15) is 0 Å². The number of anilines is 2. The number of aromatic nitrogens is 2. The third kappa shape index (κ3) is 2.50. The van der Waals surface area contributed by atoms with Gasteiger partial charge in [-0.2, -0.15) is 4.98 Å². The number of hydrogen-bond donors (Lipinski definition) is 1. The summed E-state index contributed by atoms with van der Waals surface area (Å²) in [5.74, 6) is 1.01. The van der Waals surface area contributed by atoms with Gasteiger partial charge in [-0.25, -0.2) is 0 Å². The number of nitrogens with zero attached hydrogens (tertiary/aromatic N) is 3. The maximum atomic E-state index is 5.88. The van der Waals surface area contributed by atoms with Gasteiger partial charge in [0.15, 0.2) is 0 Å². The van der Waals surface area contributed by atoms with Gasteiger partial charge in [-0.05, 0) is 23.4 Å². The van der Waals surface area contributed by atoms with Gasteiger partial charge in [0.05, 0.1) is 23.9 Å². The number of halogens is 1. The number of morpholine rings is 1. The van der Waals surface area contributed by atoms with Gasteiger partial charge in [0.25, 0.3) is 11.8 Å². The molecule has 0 bridgehead atoms. The van der Waals surface area contributed by atoms with Gasteiger partial charge in [-0.3, -0.25) is 0 Å². The molecule has 0 saturated carbocycles. The van der Waals surface area contributed by atoms with Crippen LogP contribution in [0.3, 0.4) is 0 Å². The molecule has 0 atom stereocenters. The van der Waals surface area contributed by atoms with Crippen LogP contribution in [0.2, 0.25) is 5.02 Å². The molecule has 2 heterocycles. The molecule has 2 N–H and O–H groups in total. The lowest BCUT2D eigenvalue weighted by Crippen LogP contribution is -2.36. The molecule has 0 unspecified atom stereocenters. The Kier molecular flexibility index (Phi) is 3.27. The first-order valence-corrected chi connectivity index (χ1v) is 6.33. The lowest BCUT2D eigenvalue weighted by Gasteiger charge is -2.24. The minimum Gasteiger partial charge on any atom is -0.398 e. The van der Waals surface area contributed by atoms with Crippen molar-refractivity contribution >= 4 is 23.2 Å². The van der Waals surface area contributed by atoms with Crippen molar-refractivity contribution in [1.29, 1.82) is 0 Å². The Morgan fingerprint density at radius 1 is 1.26 bits per heavy atom. The molecule has 0 amide bonds. The summed E-state index contributed by atoms with van der Waals surface area (Å²) >= 11 is 5.88. The summed E-state index contributed by atoms with van der Waals surface area (Å²) in [5, 5.41) is 4.49. The van der Waals surface area contributed by atoms with Crippen molar-refractivity contribution in [3.8, 4) is 11.5 Å². The van der Waals surface area contributed by atoms with Crippen molar-refractivity contribution in [3.63, 3.8) is 0 Å². The summed E-state index contributed by atoms with van der Waals surface area (Å²) in [7, 11) is 0. The number of benzene rings is 1. The molecule has 2 aromatic rings. The highest BCUT2D eigenvalue weighted by Crippen LogP contribution is 2.26. The molecule has 0 spiro atoms. The second kappa shape index (κ2) is 5.07. The zero-order valence-electron chi connectivity index (χ0n) is 10.2. The van der Waals surface area contributed by atoms with Crippen molar-refractivity contribution in [2.24, 2.45) is 0 Å². The lowest BCUT2D eigenvalue weighted by atomic mass is 10.2. The fourth-order valence-corrected chi connectivity index (χ4v) is 2.02. The van der Waals surface area contributed by atoms with E-state index in [9.17, 15) is 0 Å². The van der Waals surface area contributed by atoms with Crippen LogP contribution in [0.25, 0.3) is 11.5 Å². The van der Waals surface area contributed by atoms with E-state index < -0.39 is 0 Å². The quantitative estimate of drug-likeness (QED) is 0.846. The summed E-state index contributed by atoms with van der Waals surface area (Å²) < 4.78 is 10.5. The van der Waals surface area contributed by atoms with Crippen LogP contribution in [0.5, 0.6) is 0 Å². The standard InChI is InChI=1S/C12H13ClN4O2/c13-9-2-1-8(7-10(9)14)11-15-12(16-19-11)17-3-5-18-6-4-17/h1-2,7H,3-6,14H2. The number of hydrogen-bond acceptors (Lipinski definition) is 6.